The van der Waals surface area contributed by atoms with Gasteiger partial charge < -0.3 is 20.5 Å². The van der Waals surface area contributed by atoms with Gasteiger partial charge in [0, 0.05) is 23.0 Å². The van der Waals surface area contributed by atoms with E-state index >= 15 is 0 Å². The lowest BCUT2D eigenvalue weighted by atomic mass is 10.1. The maximum absolute atomic E-state index is 12.5. The number of rotatable bonds is 8. The summed E-state index contributed by atoms with van der Waals surface area (Å²) in [6, 6.07) is 10.7. The van der Waals surface area contributed by atoms with Gasteiger partial charge in [0.2, 0.25) is 0 Å². The van der Waals surface area contributed by atoms with Crippen LogP contribution in [0.1, 0.15) is 42.6 Å². The first-order chi connectivity index (χ1) is 12.0. The van der Waals surface area contributed by atoms with Crippen LogP contribution in [0.15, 0.2) is 36.4 Å². The van der Waals surface area contributed by atoms with E-state index < -0.39 is 0 Å². The van der Waals surface area contributed by atoms with Crippen LogP contribution in [0.4, 0.5) is 11.4 Å². The molecule has 0 radical (unpaired) electrons. The molecule has 1 amide bonds. The van der Waals surface area contributed by atoms with Gasteiger partial charge in [0.05, 0.1) is 13.2 Å². The number of nitrogens with one attached hydrogen (secondary N) is 1. The summed E-state index contributed by atoms with van der Waals surface area (Å²) in [5.74, 6) is 1.12. The zero-order chi connectivity index (χ0) is 18.2. The summed E-state index contributed by atoms with van der Waals surface area (Å²) in [6.07, 6.45) is 1.81. The van der Waals surface area contributed by atoms with E-state index in [2.05, 4.69) is 12.2 Å². The molecule has 0 aromatic heterocycles. The van der Waals surface area contributed by atoms with E-state index in [1.54, 1.807) is 18.2 Å². The van der Waals surface area contributed by atoms with Gasteiger partial charge in [-0.3, -0.25) is 4.79 Å². The van der Waals surface area contributed by atoms with Crippen LogP contribution in [0, 0.1) is 6.92 Å². The van der Waals surface area contributed by atoms with E-state index in [1.165, 1.54) is 0 Å². The van der Waals surface area contributed by atoms with E-state index in [4.69, 9.17) is 15.2 Å². The number of ether oxygens (including phenoxy) is 2. The Morgan fingerprint density at radius 2 is 1.65 bits per heavy atom. The van der Waals surface area contributed by atoms with Crippen LogP contribution in [-0.4, -0.2) is 19.1 Å². The Bertz CT molecular complexity index is 735. The Labute approximate surface area is 161 Å². The van der Waals surface area contributed by atoms with Crippen molar-refractivity contribution in [1.29, 1.82) is 0 Å². The summed E-state index contributed by atoms with van der Waals surface area (Å²) in [6.45, 7) is 7.19. The lowest BCUT2D eigenvalue weighted by molar-refractivity contribution is 0.102. The van der Waals surface area contributed by atoms with Crippen molar-refractivity contribution in [3.63, 3.8) is 0 Å². The molecule has 0 saturated heterocycles. The first-order valence-corrected chi connectivity index (χ1v) is 8.62. The number of carbonyl (C=O) groups excluding carboxylic acids is 1. The van der Waals surface area contributed by atoms with Crippen molar-refractivity contribution in [3.8, 4) is 11.5 Å². The molecular formula is C20H27ClN2O3. The van der Waals surface area contributed by atoms with Crippen LogP contribution in [0.25, 0.3) is 0 Å². The molecule has 0 aliphatic rings. The molecule has 0 unspecified atom stereocenters. The Balaban J connectivity index is 0.00000338. The molecule has 5 nitrogen and oxygen atoms in total. The Morgan fingerprint density at radius 3 is 2.31 bits per heavy atom. The van der Waals surface area contributed by atoms with Crippen molar-refractivity contribution in [1.82, 2.24) is 0 Å². The number of halogens is 1. The highest BCUT2D eigenvalue weighted by molar-refractivity contribution is 6.05. The van der Waals surface area contributed by atoms with E-state index in [-0.39, 0.29) is 18.3 Å². The average molecular weight is 379 g/mol. The summed E-state index contributed by atoms with van der Waals surface area (Å²) in [7, 11) is 0. The average Bonchev–Trinajstić information content (AvgIpc) is 2.61. The van der Waals surface area contributed by atoms with Crippen LogP contribution in [0.2, 0.25) is 0 Å². The molecule has 3 N–H and O–H groups in total. The fraction of sp³-hybridized carbons (Fsp3) is 0.350. The Morgan fingerprint density at radius 1 is 1.00 bits per heavy atom. The Kier molecular flexibility index (Phi) is 8.79. The SMILES string of the molecule is CCCOc1ccc(NC(=O)c2cc(N)ccc2C)cc1OCCC.Cl. The highest BCUT2D eigenvalue weighted by Crippen LogP contribution is 2.31. The molecule has 0 fully saturated rings. The third-order valence-electron chi connectivity index (χ3n) is 3.63. The minimum absolute atomic E-state index is 0. The molecule has 0 saturated carbocycles. The molecule has 2 aromatic rings. The summed E-state index contributed by atoms with van der Waals surface area (Å²) in [5, 5.41) is 2.90. The Hall–Kier alpha value is -2.40. The molecule has 6 heteroatoms. The summed E-state index contributed by atoms with van der Waals surface area (Å²) < 4.78 is 11.5. The van der Waals surface area contributed by atoms with Crippen LogP contribution < -0.4 is 20.5 Å². The summed E-state index contributed by atoms with van der Waals surface area (Å²) in [4.78, 5) is 12.5. The molecule has 2 aromatic carbocycles. The molecule has 0 aliphatic carbocycles. The van der Waals surface area contributed by atoms with Gasteiger partial charge >= 0.3 is 0 Å². The second-order valence-corrected chi connectivity index (χ2v) is 5.89. The normalized spacial score (nSPS) is 9.96. The van der Waals surface area contributed by atoms with Gasteiger partial charge in [0.25, 0.3) is 5.91 Å². The van der Waals surface area contributed by atoms with Crippen LogP contribution in [0.3, 0.4) is 0 Å². The molecule has 26 heavy (non-hydrogen) atoms. The number of hydrogen-bond donors (Lipinski definition) is 2. The number of amides is 1. The maximum atomic E-state index is 12.5. The number of anilines is 2. The number of nitrogens with two attached hydrogens (primary N) is 1. The van der Waals surface area contributed by atoms with Crippen LogP contribution in [-0.2, 0) is 0 Å². The van der Waals surface area contributed by atoms with Gasteiger partial charge in [-0.25, -0.2) is 0 Å². The van der Waals surface area contributed by atoms with Crippen molar-refractivity contribution in [3.05, 3.63) is 47.5 Å². The van der Waals surface area contributed by atoms with Crippen molar-refractivity contribution in [2.45, 2.75) is 33.6 Å². The van der Waals surface area contributed by atoms with Crippen molar-refractivity contribution in [2.75, 3.05) is 24.3 Å². The van der Waals surface area contributed by atoms with Gasteiger partial charge in [0.1, 0.15) is 0 Å². The lowest BCUT2D eigenvalue weighted by Crippen LogP contribution is -2.14. The van der Waals surface area contributed by atoms with Crippen LogP contribution >= 0.6 is 12.4 Å². The number of aryl methyl sites for hydroxylation is 1. The number of carbonyl (C=O) groups is 1. The van der Waals surface area contributed by atoms with E-state index in [0.29, 0.717) is 41.7 Å². The topological polar surface area (TPSA) is 73.6 Å². The fourth-order valence-electron chi connectivity index (χ4n) is 2.32. The molecule has 0 spiro atoms. The molecule has 0 aliphatic heterocycles. The van der Waals surface area contributed by atoms with Gasteiger partial charge in [-0.15, -0.1) is 12.4 Å². The van der Waals surface area contributed by atoms with E-state index in [9.17, 15) is 4.79 Å². The molecule has 0 atom stereocenters. The van der Waals surface area contributed by atoms with Gasteiger partial charge in [-0.2, -0.15) is 0 Å². The summed E-state index contributed by atoms with van der Waals surface area (Å²) >= 11 is 0. The van der Waals surface area contributed by atoms with Crippen molar-refractivity contribution >= 4 is 29.7 Å². The second kappa shape index (κ2) is 10.6. The van der Waals surface area contributed by atoms with E-state index in [0.717, 1.165) is 18.4 Å². The minimum atomic E-state index is -0.200. The van der Waals surface area contributed by atoms with Crippen molar-refractivity contribution in [2.24, 2.45) is 0 Å². The monoisotopic (exact) mass is 378 g/mol. The number of nitrogen functional groups attached to an aromatic ring is 1. The maximum Gasteiger partial charge on any atom is 0.256 e. The predicted molar refractivity (Wildman–Crippen MR) is 109 cm³/mol. The highest BCUT2D eigenvalue weighted by Gasteiger charge is 2.12. The van der Waals surface area contributed by atoms with Gasteiger partial charge in [0.15, 0.2) is 11.5 Å². The molecular weight excluding hydrogens is 352 g/mol. The van der Waals surface area contributed by atoms with Crippen LogP contribution in [0.5, 0.6) is 11.5 Å². The number of hydrogen-bond acceptors (Lipinski definition) is 4. The molecule has 0 heterocycles. The molecule has 0 bridgehead atoms. The first kappa shape index (κ1) is 21.6. The number of benzene rings is 2. The smallest absolute Gasteiger partial charge is 0.256 e. The standard InChI is InChI=1S/C20H26N2O3.ClH/c1-4-10-24-18-9-8-16(13-19(18)25-11-5-2)22-20(23)17-12-15(21)7-6-14(17)3;/h6-9,12-13H,4-5,10-11,21H2,1-3H3,(H,22,23);1H. The summed E-state index contributed by atoms with van der Waals surface area (Å²) in [5.41, 5.74) is 8.43. The highest BCUT2D eigenvalue weighted by atomic mass is 35.5. The van der Waals surface area contributed by atoms with Gasteiger partial charge in [-0.1, -0.05) is 19.9 Å². The third-order valence-corrected chi connectivity index (χ3v) is 3.63. The molecule has 142 valence electrons. The predicted octanol–water partition coefficient (Wildman–Crippen LogP) is 4.83. The van der Waals surface area contributed by atoms with E-state index in [1.807, 2.05) is 32.0 Å². The second-order valence-electron chi connectivity index (χ2n) is 5.89. The fourth-order valence-corrected chi connectivity index (χ4v) is 2.32. The largest absolute Gasteiger partial charge is 0.490 e. The zero-order valence-electron chi connectivity index (χ0n) is 15.5. The van der Waals surface area contributed by atoms with Gasteiger partial charge in [-0.05, 0) is 49.6 Å². The lowest BCUT2D eigenvalue weighted by Gasteiger charge is -2.14. The van der Waals surface area contributed by atoms with Crippen molar-refractivity contribution < 1.29 is 14.3 Å². The zero-order valence-corrected chi connectivity index (χ0v) is 16.3. The third kappa shape index (κ3) is 5.85. The minimum Gasteiger partial charge on any atom is -0.490 e. The molecule has 2 rings (SSSR count). The first-order valence-electron chi connectivity index (χ1n) is 8.62. The quantitative estimate of drug-likeness (QED) is 0.645.